The highest BCUT2D eigenvalue weighted by atomic mass is 79.9. The summed E-state index contributed by atoms with van der Waals surface area (Å²) in [7, 11) is -4.19. The van der Waals surface area contributed by atoms with Crippen LogP contribution in [0.4, 0.5) is 14.5 Å². The van der Waals surface area contributed by atoms with Crippen molar-refractivity contribution in [3.8, 4) is 0 Å². The fourth-order valence-electron chi connectivity index (χ4n) is 1.55. The van der Waals surface area contributed by atoms with E-state index >= 15 is 0 Å². The molecule has 0 saturated heterocycles. The van der Waals surface area contributed by atoms with Crippen LogP contribution in [0.5, 0.6) is 0 Å². The lowest BCUT2D eigenvalue weighted by Crippen LogP contribution is -2.16. The molecule has 0 spiro atoms. The van der Waals surface area contributed by atoms with Crippen molar-refractivity contribution in [3.63, 3.8) is 0 Å². The van der Waals surface area contributed by atoms with Crippen molar-refractivity contribution in [2.24, 2.45) is 0 Å². The molecule has 8 heteroatoms. The zero-order valence-electron chi connectivity index (χ0n) is 10.2. The molecule has 0 unspecified atom stereocenters. The highest BCUT2D eigenvalue weighted by molar-refractivity contribution is 9.10. The van der Waals surface area contributed by atoms with Gasteiger partial charge in [-0.05, 0) is 40.5 Å². The number of nitrogens with zero attached hydrogens (tertiary/aromatic N) is 1. The summed E-state index contributed by atoms with van der Waals surface area (Å²) in [5.41, 5.74) is 0.852. The van der Waals surface area contributed by atoms with Gasteiger partial charge in [0.1, 0.15) is 16.5 Å². The first-order chi connectivity index (χ1) is 9.31. The van der Waals surface area contributed by atoms with Crippen molar-refractivity contribution in [1.82, 2.24) is 4.98 Å². The Hall–Kier alpha value is -1.54. The van der Waals surface area contributed by atoms with E-state index in [9.17, 15) is 17.2 Å². The first-order valence-corrected chi connectivity index (χ1v) is 7.67. The van der Waals surface area contributed by atoms with Crippen LogP contribution >= 0.6 is 15.9 Å². The minimum atomic E-state index is -4.19. The highest BCUT2D eigenvalue weighted by Crippen LogP contribution is 2.28. The van der Waals surface area contributed by atoms with Gasteiger partial charge in [-0.2, -0.15) is 0 Å². The van der Waals surface area contributed by atoms with Crippen LogP contribution in [-0.4, -0.2) is 13.4 Å². The number of nitrogens with one attached hydrogen (secondary N) is 1. The lowest BCUT2D eigenvalue weighted by molar-refractivity contribution is 0.548. The third kappa shape index (κ3) is 2.96. The number of pyridine rings is 1. The molecule has 0 aliphatic heterocycles. The number of halogens is 3. The van der Waals surface area contributed by atoms with E-state index in [2.05, 4.69) is 25.6 Å². The molecule has 0 aliphatic carbocycles. The van der Waals surface area contributed by atoms with E-state index in [0.29, 0.717) is 11.6 Å². The molecule has 0 saturated carbocycles. The second-order valence-electron chi connectivity index (χ2n) is 3.99. The van der Waals surface area contributed by atoms with E-state index in [0.717, 1.165) is 6.07 Å². The number of aromatic nitrogens is 1. The average molecular weight is 363 g/mol. The highest BCUT2D eigenvalue weighted by Gasteiger charge is 2.24. The zero-order chi connectivity index (χ0) is 14.9. The molecule has 2 rings (SSSR count). The maximum absolute atomic E-state index is 13.7. The summed E-state index contributed by atoms with van der Waals surface area (Å²) in [5.74, 6) is -2.04. The first kappa shape index (κ1) is 14.9. The van der Waals surface area contributed by atoms with Crippen LogP contribution in [0.2, 0.25) is 0 Å². The smallest absolute Gasteiger partial charge is 0.266 e. The summed E-state index contributed by atoms with van der Waals surface area (Å²) in [6.07, 6.45) is 2.81. The minimum Gasteiger partial charge on any atom is -0.278 e. The van der Waals surface area contributed by atoms with Crippen molar-refractivity contribution < 1.29 is 17.2 Å². The largest absolute Gasteiger partial charge is 0.278 e. The predicted octanol–water partition coefficient (Wildman–Crippen LogP) is 3.23. The molecule has 4 nitrogen and oxygen atoms in total. The van der Waals surface area contributed by atoms with Gasteiger partial charge < -0.3 is 0 Å². The number of aryl methyl sites for hydroxylation is 1. The van der Waals surface area contributed by atoms with Crippen LogP contribution in [0, 0.1) is 18.6 Å². The van der Waals surface area contributed by atoms with E-state index in [1.165, 1.54) is 12.4 Å². The van der Waals surface area contributed by atoms with Gasteiger partial charge in [-0.15, -0.1) is 0 Å². The van der Waals surface area contributed by atoms with Gasteiger partial charge in [-0.25, -0.2) is 17.2 Å². The predicted molar refractivity (Wildman–Crippen MR) is 73.8 cm³/mol. The summed E-state index contributed by atoms with van der Waals surface area (Å²) in [5, 5.41) is 0. The molecular formula is C12H9BrF2N2O2S. The van der Waals surface area contributed by atoms with Crippen molar-refractivity contribution >= 4 is 31.6 Å². The Balaban J connectivity index is 2.50. The maximum Gasteiger partial charge on any atom is 0.266 e. The van der Waals surface area contributed by atoms with E-state index < -0.39 is 26.6 Å². The van der Waals surface area contributed by atoms with E-state index in [1.807, 2.05) is 0 Å². The number of hydrogen-bond donors (Lipinski definition) is 1. The maximum atomic E-state index is 13.7. The van der Waals surface area contributed by atoms with Crippen molar-refractivity contribution in [2.75, 3.05) is 4.72 Å². The Labute approximate surface area is 123 Å². The van der Waals surface area contributed by atoms with Crippen LogP contribution in [0.25, 0.3) is 0 Å². The second kappa shape index (κ2) is 5.45. The fourth-order valence-corrected chi connectivity index (χ4v) is 3.84. The molecule has 0 aliphatic rings. The summed E-state index contributed by atoms with van der Waals surface area (Å²) in [6, 6.07) is 3.00. The van der Waals surface area contributed by atoms with E-state index in [-0.39, 0.29) is 10.2 Å². The van der Waals surface area contributed by atoms with E-state index in [4.69, 9.17) is 0 Å². The van der Waals surface area contributed by atoms with E-state index in [1.54, 1.807) is 13.0 Å². The monoisotopic (exact) mass is 362 g/mol. The molecule has 106 valence electrons. The van der Waals surface area contributed by atoms with Crippen LogP contribution in [-0.2, 0) is 10.0 Å². The Morgan fingerprint density at radius 3 is 2.60 bits per heavy atom. The molecule has 2 aromatic rings. The number of anilines is 1. The van der Waals surface area contributed by atoms with Crippen LogP contribution in [0.3, 0.4) is 0 Å². The van der Waals surface area contributed by atoms with Gasteiger partial charge in [0.05, 0.1) is 11.9 Å². The quantitative estimate of drug-likeness (QED) is 0.911. The molecule has 1 aromatic carbocycles. The summed E-state index contributed by atoms with van der Waals surface area (Å²) in [6.45, 7) is 1.68. The summed E-state index contributed by atoms with van der Waals surface area (Å²) < 4.78 is 53.1. The number of hydrogen-bond acceptors (Lipinski definition) is 3. The molecule has 0 bridgehead atoms. The molecular weight excluding hydrogens is 354 g/mol. The third-order valence-corrected chi connectivity index (χ3v) is 4.84. The van der Waals surface area contributed by atoms with Gasteiger partial charge in [0.25, 0.3) is 10.0 Å². The van der Waals surface area contributed by atoms with Gasteiger partial charge in [0.15, 0.2) is 0 Å². The normalized spacial score (nSPS) is 11.4. The van der Waals surface area contributed by atoms with Crippen molar-refractivity contribution in [3.05, 3.63) is 52.3 Å². The molecule has 0 radical (unpaired) electrons. The first-order valence-electron chi connectivity index (χ1n) is 5.39. The van der Waals surface area contributed by atoms with Crippen molar-refractivity contribution in [2.45, 2.75) is 11.8 Å². The topological polar surface area (TPSA) is 59.1 Å². The van der Waals surface area contributed by atoms with Gasteiger partial charge in [0, 0.05) is 16.7 Å². The second-order valence-corrected chi connectivity index (χ2v) is 6.47. The summed E-state index contributed by atoms with van der Waals surface area (Å²) >= 11 is 2.85. The molecule has 0 fully saturated rings. The molecule has 1 heterocycles. The Bertz CT molecular complexity index is 743. The number of rotatable bonds is 3. The van der Waals surface area contributed by atoms with Gasteiger partial charge >= 0.3 is 0 Å². The lowest BCUT2D eigenvalue weighted by Gasteiger charge is -2.12. The number of sulfonamides is 1. The summed E-state index contributed by atoms with van der Waals surface area (Å²) in [4.78, 5) is 3.14. The molecule has 0 atom stereocenters. The zero-order valence-corrected chi connectivity index (χ0v) is 12.6. The van der Waals surface area contributed by atoms with Crippen molar-refractivity contribution in [1.29, 1.82) is 0 Å². The van der Waals surface area contributed by atoms with Crippen LogP contribution < -0.4 is 4.72 Å². The van der Waals surface area contributed by atoms with Gasteiger partial charge in [0.2, 0.25) is 0 Å². The third-order valence-electron chi connectivity index (χ3n) is 2.52. The molecule has 1 N–H and O–H groups in total. The standard InChI is InChI=1S/C12H9BrF2N2O2S/c1-7-2-3-16-6-11(7)17-20(18,19)12-9(13)4-8(14)5-10(12)15/h2-6,17H,1H3. The molecule has 0 amide bonds. The lowest BCUT2D eigenvalue weighted by atomic mass is 10.3. The minimum absolute atomic E-state index is 0.191. The SMILES string of the molecule is Cc1ccncc1NS(=O)(=O)c1c(F)cc(F)cc1Br. The van der Waals surface area contributed by atoms with Crippen LogP contribution in [0.15, 0.2) is 40.0 Å². The van der Waals surface area contributed by atoms with Gasteiger partial charge in [-0.1, -0.05) is 0 Å². The number of benzene rings is 1. The van der Waals surface area contributed by atoms with Crippen LogP contribution in [0.1, 0.15) is 5.56 Å². The Morgan fingerprint density at radius 1 is 1.30 bits per heavy atom. The fraction of sp³-hybridized carbons (Fsp3) is 0.0833. The Kier molecular flexibility index (Phi) is 4.05. The Morgan fingerprint density at radius 2 is 2.00 bits per heavy atom. The van der Waals surface area contributed by atoms with Gasteiger partial charge in [-0.3, -0.25) is 9.71 Å². The molecule has 20 heavy (non-hydrogen) atoms. The molecule has 1 aromatic heterocycles. The average Bonchev–Trinajstić information content (AvgIpc) is 2.30.